The minimum atomic E-state index is 0.568. The van der Waals surface area contributed by atoms with Crippen molar-refractivity contribution in [3.05, 3.63) is 15.5 Å². The molecule has 0 saturated carbocycles. The summed E-state index contributed by atoms with van der Waals surface area (Å²) in [6.07, 6.45) is 2.88. The number of hydrogen-bond acceptors (Lipinski definition) is 4. The van der Waals surface area contributed by atoms with Gasteiger partial charge in [0.15, 0.2) is 4.47 Å². The Hall–Kier alpha value is -0.160. The molecule has 0 bridgehead atoms. The van der Waals surface area contributed by atoms with Crippen LogP contribution in [0.1, 0.15) is 11.3 Å². The smallest absolute Gasteiger partial charge is 0.183 e. The lowest BCUT2D eigenvalue weighted by Crippen LogP contribution is -2.08. The van der Waals surface area contributed by atoms with E-state index in [1.54, 1.807) is 6.20 Å². The lowest BCUT2D eigenvalue weighted by atomic mass is 10.1. The van der Waals surface area contributed by atoms with Crippen LogP contribution >= 0.6 is 22.9 Å². The largest absolute Gasteiger partial charge is 0.381 e. The summed E-state index contributed by atoms with van der Waals surface area (Å²) >= 11 is 7.17. The van der Waals surface area contributed by atoms with E-state index in [0.717, 1.165) is 31.1 Å². The van der Waals surface area contributed by atoms with Gasteiger partial charge in [-0.05, 0) is 6.42 Å². The van der Waals surface area contributed by atoms with Crippen molar-refractivity contribution < 1.29 is 9.47 Å². The molecule has 3 nitrogen and oxygen atoms in total. The number of aromatic nitrogens is 1. The van der Waals surface area contributed by atoms with Gasteiger partial charge in [-0.3, -0.25) is 0 Å². The molecule has 1 aliphatic heterocycles. The van der Waals surface area contributed by atoms with E-state index in [4.69, 9.17) is 21.1 Å². The SMILES string of the molecule is Clc1ncc(COCC2CCOC2)s1. The van der Waals surface area contributed by atoms with Crippen LogP contribution in [0, 0.1) is 5.92 Å². The van der Waals surface area contributed by atoms with Crippen molar-refractivity contribution in [1.29, 1.82) is 0 Å². The number of nitrogens with zero attached hydrogens (tertiary/aromatic N) is 1. The zero-order valence-corrected chi connectivity index (χ0v) is 9.31. The summed E-state index contributed by atoms with van der Waals surface area (Å²) in [5.41, 5.74) is 0. The number of thiazole rings is 1. The molecule has 0 N–H and O–H groups in total. The Balaban J connectivity index is 1.67. The predicted molar refractivity (Wildman–Crippen MR) is 55.7 cm³/mol. The Kier molecular flexibility index (Phi) is 3.75. The van der Waals surface area contributed by atoms with Crippen LogP contribution in [-0.2, 0) is 16.1 Å². The molecule has 1 aliphatic rings. The number of rotatable bonds is 4. The average molecular weight is 234 g/mol. The third-order valence-corrected chi connectivity index (χ3v) is 3.24. The van der Waals surface area contributed by atoms with Crippen LogP contribution in [0.25, 0.3) is 0 Å². The molecule has 5 heteroatoms. The topological polar surface area (TPSA) is 31.4 Å². The second kappa shape index (κ2) is 5.07. The minimum absolute atomic E-state index is 0.568. The van der Waals surface area contributed by atoms with E-state index in [1.807, 2.05) is 0 Å². The van der Waals surface area contributed by atoms with Crippen LogP contribution in [0.15, 0.2) is 6.20 Å². The summed E-state index contributed by atoms with van der Waals surface area (Å²) in [5.74, 6) is 0.568. The minimum Gasteiger partial charge on any atom is -0.381 e. The van der Waals surface area contributed by atoms with Crippen LogP contribution in [0.2, 0.25) is 4.47 Å². The van der Waals surface area contributed by atoms with E-state index in [0.29, 0.717) is 17.0 Å². The van der Waals surface area contributed by atoms with Crippen molar-refractivity contribution in [2.75, 3.05) is 19.8 Å². The van der Waals surface area contributed by atoms with Crippen molar-refractivity contribution in [1.82, 2.24) is 4.98 Å². The summed E-state index contributed by atoms with van der Waals surface area (Å²) in [7, 11) is 0. The van der Waals surface area contributed by atoms with Gasteiger partial charge in [0, 0.05) is 18.7 Å². The highest BCUT2D eigenvalue weighted by molar-refractivity contribution is 7.15. The van der Waals surface area contributed by atoms with Gasteiger partial charge in [0.1, 0.15) is 0 Å². The zero-order chi connectivity index (χ0) is 9.80. The first-order chi connectivity index (χ1) is 6.84. The lowest BCUT2D eigenvalue weighted by molar-refractivity contribution is 0.0805. The van der Waals surface area contributed by atoms with Gasteiger partial charge in [-0.15, -0.1) is 11.3 Å². The highest BCUT2D eigenvalue weighted by Crippen LogP contribution is 2.19. The molecule has 0 amide bonds. The van der Waals surface area contributed by atoms with Crippen molar-refractivity contribution in [2.45, 2.75) is 13.0 Å². The standard InChI is InChI=1S/C9H12ClNO2S/c10-9-11-3-8(14-9)6-13-5-7-1-2-12-4-7/h3,7H,1-2,4-6H2. The average Bonchev–Trinajstić information content (AvgIpc) is 2.77. The van der Waals surface area contributed by atoms with Gasteiger partial charge in [-0.1, -0.05) is 11.6 Å². The van der Waals surface area contributed by atoms with Crippen LogP contribution < -0.4 is 0 Å². The molecule has 1 aromatic rings. The van der Waals surface area contributed by atoms with Gasteiger partial charge in [0.05, 0.1) is 24.7 Å². The van der Waals surface area contributed by atoms with Crippen molar-refractivity contribution in [3.63, 3.8) is 0 Å². The first kappa shape index (κ1) is 10.4. The third kappa shape index (κ3) is 2.92. The highest BCUT2D eigenvalue weighted by atomic mass is 35.5. The van der Waals surface area contributed by atoms with E-state index in [9.17, 15) is 0 Å². The molecule has 2 heterocycles. The molecule has 14 heavy (non-hydrogen) atoms. The summed E-state index contributed by atoms with van der Waals surface area (Å²) < 4.78 is 11.4. The second-order valence-electron chi connectivity index (χ2n) is 3.32. The molecular weight excluding hydrogens is 222 g/mol. The maximum absolute atomic E-state index is 5.70. The Bertz CT molecular complexity index is 286. The van der Waals surface area contributed by atoms with E-state index in [-0.39, 0.29) is 0 Å². The molecule has 1 atom stereocenters. The highest BCUT2D eigenvalue weighted by Gasteiger charge is 2.15. The monoisotopic (exact) mass is 233 g/mol. The van der Waals surface area contributed by atoms with Gasteiger partial charge in [0.2, 0.25) is 0 Å². The van der Waals surface area contributed by atoms with Gasteiger partial charge >= 0.3 is 0 Å². The number of ether oxygens (including phenoxy) is 2. The quantitative estimate of drug-likeness (QED) is 0.800. The summed E-state index contributed by atoms with van der Waals surface area (Å²) in [5, 5.41) is 0. The molecule has 0 spiro atoms. The maximum atomic E-state index is 5.70. The molecule has 1 unspecified atom stereocenters. The number of halogens is 1. The molecule has 2 rings (SSSR count). The van der Waals surface area contributed by atoms with Crippen LogP contribution in [0.3, 0.4) is 0 Å². The van der Waals surface area contributed by atoms with E-state index in [2.05, 4.69) is 4.98 Å². The fourth-order valence-corrected chi connectivity index (χ4v) is 2.31. The molecule has 0 radical (unpaired) electrons. The Morgan fingerprint density at radius 1 is 1.71 bits per heavy atom. The summed E-state index contributed by atoms with van der Waals surface area (Å²) in [6.45, 7) is 3.10. The van der Waals surface area contributed by atoms with E-state index in [1.165, 1.54) is 11.3 Å². The molecule has 1 fully saturated rings. The van der Waals surface area contributed by atoms with Crippen LogP contribution in [0.5, 0.6) is 0 Å². The van der Waals surface area contributed by atoms with Crippen LogP contribution in [0.4, 0.5) is 0 Å². The molecule has 1 saturated heterocycles. The second-order valence-corrected chi connectivity index (χ2v) is 5.02. The fraction of sp³-hybridized carbons (Fsp3) is 0.667. The van der Waals surface area contributed by atoms with E-state index >= 15 is 0 Å². The predicted octanol–water partition coefficient (Wildman–Crippen LogP) is 2.35. The Morgan fingerprint density at radius 3 is 3.29 bits per heavy atom. The maximum Gasteiger partial charge on any atom is 0.183 e. The van der Waals surface area contributed by atoms with E-state index < -0.39 is 0 Å². The van der Waals surface area contributed by atoms with Crippen molar-refractivity contribution >= 4 is 22.9 Å². The Labute approximate surface area is 92.0 Å². The van der Waals surface area contributed by atoms with Crippen molar-refractivity contribution in [3.8, 4) is 0 Å². The fourth-order valence-electron chi connectivity index (χ4n) is 1.39. The molecular formula is C9H12ClNO2S. The molecule has 0 aliphatic carbocycles. The Morgan fingerprint density at radius 2 is 2.64 bits per heavy atom. The van der Waals surface area contributed by atoms with Gasteiger partial charge in [0.25, 0.3) is 0 Å². The van der Waals surface area contributed by atoms with Gasteiger partial charge in [-0.2, -0.15) is 0 Å². The summed E-state index contributed by atoms with van der Waals surface area (Å²) in [6, 6.07) is 0. The van der Waals surface area contributed by atoms with Crippen molar-refractivity contribution in [2.24, 2.45) is 5.92 Å². The molecule has 78 valence electrons. The van der Waals surface area contributed by atoms with Gasteiger partial charge in [-0.25, -0.2) is 4.98 Å². The summed E-state index contributed by atoms with van der Waals surface area (Å²) in [4.78, 5) is 5.02. The first-order valence-electron chi connectivity index (χ1n) is 4.60. The number of hydrogen-bond donors (Lipinski definition) is 0. The van der Waals surface area contributed by atoms with Gasteiger partial charge < -0.3 is 9.47 Å². The zero-order valence-electron chi connectivity index (χ0n) is 7.74. The third-order valence-electron chi connectivity index (χ3n) is 2.15. The van der Waals surface area contributed by atoms with Crippen LogP contribution in [-0.4, -0.2) is 24.8 Å². The lowest BCUT2D eigenvalue weighted by Gasteiger charge is -2.06. The first-order valence-corrected chi connectivity index (χ1v) is 5.80. The molecule has 0 aromatic carbocycles. The molecule has 1 aromatic heterocycles. The normalized spacial score (nSPS) is 21.6.